The highest BCUT2D eigenvalue weighted by atomic mass is 32.2. The predicted octanol–water partition coefficient (Wildman–Crippen LogP) is 0.951. The molecular formula is C12H16N2O4S. The quantitative estimate of drug-likeness (QED) is 0.873. The minimum Gasteiger partial charge on any atom is -0.444 e. The number of nitrogens with zero attached hydrogens (tertiary/aromatic N) is 1. The van der Waals surface area contributed by atoms with Crippen LogP contribution in [-0.4, -0.2) is 40.0 Å². The molecule has 0 bridgehead atoms. The minimum absolute atomic E-state index is 0.263. The van der Waals surface area contributed by atoms with Gasteiger partial charge in [0, 0.05) is 12.2 Å². The van der Waals surface area contributed by atoms with E-state index >= 15 is 0 Å². The third-order valence-corrected chi connectivity index (χ3v) is 3.50. The molecule has 0 spiro atoms. The lowest BCUT2D eigenvalue weighted by Gasteiger charge is -2.12. The average Bonchev–Trinajstić information content (AvgIpc) is 2.70. The first-order chi connectivity index (χ1) is 8.96. The Morgan fingerprint density at radius 3 is 2.68 bits per heavy atom. The van der Waals surface area contributed by atoms with Crippen LogP contribution < -0.4 is 9.62 Å². The molecule has 1 saturated heterocycles. The number of hydrogen-bond acceptors (Lipinski definition) is 4. The molecule has 0 radical (unpaired) electrons. The second-order valence-corrected chi connectivity index (χ2v) is 6.24. The molecule has 2 rings (SSSR count). The van der Waals surface area contributed by atoms with Crippen molar-refractivity contribution in [1.82, 2.24) is 4.72 Å². The SMILES string of the molecule is CS(=O)(=O)NCCC1CN(c2ccccc2)C(=O)O1. The molecule has 0 saturated carbocycles. The van der Waals surface area contributed by atoms with Crippen LogP contribution in [0, 0.1) is 0 Å². The second-order valence-electron chi connectivity index (χ2n) is 4.41. The summed E-state index contributed by atoms with van der Waals surface area (Å²) in [5.74, 6) is 0. The van der Waals surface area contributed by atoms with Gasteiger partial charge in [0.2, 0.25) is 10.0 Å². The van der Waals surface area contributed by atoms with Crippen LogP contribution in [0.4, 0.5) is 10.5 Å². The van der Waals surface area contributed by atoms with E-state index < -0.39 is 16.1 Å². The number of benzene rings is 1. The molecule has 1 aliphatic rings. The van der Waals surface area contributed by atoms with Gasteiger partial charge in [-0.1, -0.05) is 18.2 Å². The summed E-state index contributed by atoms with van der Waals surface area (Å²) >= 11 is 0. The van der Waals surface area contributed by atoms with Gasteiger partial charge in [-0.05, 0) is 18.6 Å². The first-order valence-electron chi connectivity index (χ1n) is 5.93. The third-order valence-electron chi connectivity index (χ3n) is 2.77. The molecule has 1 N–H and O–H groups in total. The monoisotopic (exact) mass is 284 g/mol. The molecule has 1 heterocycles. The van der Waals surface area contributed by atoms with E-state index in [9.17, 15) is 13.2 Å². The van der Waals surface area contributed by atoms with Gasteiger partial charge in [0.15, 0.2) is 0 Å². The topological polar surface area (TPSA) is 75.7 Å². The van der Waals surface area contributed by atoms with Crippen LogP contribution in [0.2, 0.25) is 0 Å². The Hall–Kier alpha value is -1.60. The van der Waals surface area contributed by atoms with Gasteiger partial charge in [0.1, 0.15) is 6.10 Å². The van der Waals surface area contributed by atoms with Crippen molar-refractivity contribution in [3.63, 3.8) is 0 Å². The lowest BCUT2D eigenvalue weighted by molar-refractivity contribution is 0.137. The van der Waals surface area contributed by atoms with Crippen LogP contribution in [0.3, 0.4) is 0 Å². The largest absolute Gasteiger partial charge is 0.444 e. The van der Waals surface area contributed by atoms with E-state index in [4.69, 9.17) is 4.74 Å². The molecule has 6 nitrogen and oxygen atoms in total. The molecule has 0 aliphatic carbocycles. The first kappa shape index (κ1) is 13.8. The Labute approximate surface area is 112 Å². The van der Waals surface area contributed by atoms with Crippen LogP contribution in [0.25, 0.3) is 0 Å². The first-order valence-corrected chi connectivity index (χ1v) is 7.83. The molecule has 1 aromatic rings. The van der Waals surface area contributed by atoms with Crippen molar-refractivity contribution in [2.45, 2.75) is 12.5 Å². The van der Waals surface area contributed by atoms with Crippen molar-refractivity contribution in [3.8, 4) is 0 Å². The number of carbonyl (C=O) groups is 1. The maximum atomic E-state index is 11.7. The van der Waals surface area contributed by atoms with Crippen LogP contribution >= 0.6 is 0 Å². The van der Waals surface area contributed by atoms with Gasteiger partial charge in [-0.3, -0.25) is 4.90 Å². The summed E-state index contributed by atoms with van der Waals surface area (Å²) in [7, 11) is -3.20. The highest BCUT2D eigenvalue weighted by Gasteiger charge is 2.31. The fourth-order valence-corrected chi connectivity index (χ4v) is 2.38. The molecule has 1 aromatic carbocycles. The van der Waals surface area contributed by atoms with Crippen molar-refractivity contribution >= 4 is 21.8 Å². The summed E-state index contributed by atoms with van der Waals surface area (Å²) in [6.07, 6.45) is 0.879. The number of sulfonamides is 1. The molecule has 0 aromatic heterocycles. The van der Waals surface area contributed by atoms with E-state index in [2.05, 4.69) is 4.72 Å². The summed E-state index contributed by atoms with van der Waals surface area (Å²) in [6.45, 7) is 0.702. The number of cyclic esters (lactones) is 1. The molecule has 104 valence electrons. The van der Waals surface area contributed by atoms with Crippen molar-refractivity contribution in [2.75, 3.05) is 24.2 Å². The zero-order chi connectivity index (χ0) is 13.9. The number of hydrogen-bond donors (Lipinski definition) is 1. The molecule has 19 heavy (non-hydrogen) atoms. The second kappa shape index (κ2) is 5.58. The van der Waals surface area contributed by atoms with E-state index in [1.54, 1.807) is 4.90 Å². The zero-order valence-electron chi connectivity index (χ0n) is 10.6. The van der Waals surface area contributed by atoms with Crippen LogP contribution in [0.5, 0.6) is 0 Å². The van der Waals surface area contributed by atoms with Gasteiger partial charge < -0.3 is 4.74 Å². The van der Waals surface area contributed by atoms with Gasteiger partial charge in [0.05, 0.1) is 12.8 Å². The predicted molar refractivity (Wildman–Crippen MR) is 71.5 cm³/mol. The van der Waals surface area contributed by atoms with E-state index in [1.807, 2.05) is 30.3 Å². The third kappa shape index (κ3) is 3.93. The van der Waals surface area contributed by atoms with Crippen molar-refractivity contribution in [2.24, 2.45) is 0 Å². The zero-order valence-corrected chi connectivity index (χ0v) is 11.4. The van der Waals surface area contributed by atoms with Gasteiger partial charge in [-0.15, -0.1) is 0 Å². The lowest BCUT2D eigenvalue weighted by atomic mass is 10.2. The number of nitrogens with one attached hydrogen (secondary N) is 1. The van der Waals surface area contributed by atoms with Crippen molar-refractivity contribution in [1.29, 1.82) is 0 Å². The molecule has 1 atom stereocenters. The number of amides is 1. The molecule has 1 unspecified atom stereocenters. The van der Waals surface area contributed by atoms with Crippen LogP contribution in [0.15, 0.2) is 30.3 Å². The average molecular weight is 284 g/mol. The molecule has 1 aliphatic heterocycles. The van der Waals surface area contributed by atoms with Crippen molar-refractivity contribution < 1.29 is 17.9 Å². The van der Waals surface area contributed by atoms with Crippen LogP contribution in [0.1, 0.15) is 6.42 Å². The summed E-state index contributed by atoms with van der Waals surface area (Å²) < 4.78 is 29.4. The van der Waals surface area contributed by atoms with Gasteiger partial charge in [-0.25, -0.2) is 17.9 Å². The van der Waals surface area contributed by atoms with Gasteiger partial charge >= 0.3 is 6.09 Å². The Balaban J connectivity index is 1.89. The fraction of sp³-hybridized carbons (Fsp3) is 0.417. The Kier molecular flexibility index (Phi) is 4.06. The number of para-hydroxylation sites is 1. The Morgan fingerprint density at radius 2 is 2.05 bits per heavy atom. The highest BCUT2D eigenvalue weighted by Crippen LogP contribution is 2.22. The van der Waals surface area contributed by atoms with Crippen molar-refractivity contribution in [3.05, 3.63) is 30.3 Å². The molecule has 1 amide bonds. The number of carbonyl (C=O) groups excluding carboxylic acids is 1. The Morgan fingerprint density at radius 1 is 1.37 bits per heavy atom. The maximum absolute atomic E-state index is 11.7. The minimum atomic E-state index is -3.20. The van der Waals surface area contributed by atoms with E-state index in [0.29, 0.717) is 13.0 Å². The lowest BCUT2D eigenvalue weighted by Crippen LogP contribution is -2.28. The highest BCUT2D eigenvalue weighted by molar-refractivity contribution is 7.88. The van der Waals surface area contributed by atoms with Gasteiger partial charge in [0.25, 0.3) is 0 Å². The number of anilines is 1. The molecule has 7 heteroatoms. The van der Waals surface area contributed by atoms with Gasteiger partial charge in [-0.2, -0.15) is 0 Å². The maximum Gasteiger partial charge on any atom is 0.414 e. The standard InChI is InChI=1S/C12H16N2O4S/c1-19(16,17)13-8-7-11-9-14(12(15)18-11)10-5-3-2-4-6-10/h2-6,11,13H,7-9H2,1H3. The van der Waals surface area contributed by atoms with E-state index in [0.717, 1.165) is 11.9 Å². The summed E-state index contributed by atoms with van der Waals surface area (Å²) in [5, 5.41) is 0. The number of rotatable bonds is 5. The summed E-state index contributed by atoms with van der Waals surface area (Å²) in [5.41, 5.74) is 0.783. The normalized spacial score (nSPS) is 19.5. The summed E-state index contributed by atoms with van der Waals surface area (Å²) in [6, 6.07) is 9.23. The smallest absolute Gasteiger partial charge is 0.414 e. The summed E-state index contributed by atoms with van der Waals surface area (Å²) in [4.78, 5) is 13.3. The fourth-order valence-electron chi connectivity index (χ4n) is 1.90. The number of ether oxygens (including phenoxy) is 1. The van der Waals surface area contributed by atoms with E-state index in [1.165, 1.54) is 0 Å². The Bertz CT molecular complexity index is 544. The molecular weight excluding hydrogens is 268 g/mol. The van der Waals surface area contributed by atoms with Crippen LogP contribution in [-0.2, 0) is 14.8 Å². The molecule has 1 fully saturated rings. The van der Waals surface area contributed by atoms with E-state index in [-0.39, 0.29) is 12.6 Å².